The van der Waals surface area contributed by atoms with Crippen LogP contribution in [0.25, 0.3) is 0 Å². The van der Waals surface area contributed by atoms with Gasteiger partial charge in [-0.3, -0.25) is 4.79 Å². The molecule has 100 valence electrons. The van der Waals surface area contributed by atoms with E-state index in [-0.39, 0.29) is 11.4 Å². The van der Waals surface area contributed by atoms with Gasteiger partial charge in [-0.05, 0) is 44.7 Å². The maximum Gasteiger partial charge on any atom is 0.220 e. The number of carbonyl (C=O) groups excluding carboxylic acids is 1. The van der Waals surface area contributed by atoms with Crippen LogP contribution in [0.2, 0.25) is 0 Å². The molecule has 0 aromatic rings. The van der Waals surface area contributed by atoms with Crippen molar-refractivity contribution in [2.45, 2.75) is 51.5 Å². The lowest BCUT2D eigenvalue weighted by atomic mass is 9.92. The monoisotopic (exact) mass is 241 g/mol. The van der Waals surface area contributed by atoms with Crippen molar-refractivity contribution in [3.63, 3.8) is 0 Å². The predicted octanol–water partition coefficient (Wildman–Crippen LogP) is 1.01. The van der Waals surface area contributed by atoms with Gasteiger partial charge in [-0.25, -0.2) is 0 Å². The molecule has 1 aliphatic rings. The van der Waals surface area contributed by atoms with Gasteiger partial charge in [0, 0.05) is 13.0 Å². The van der Waals surface area contributed by atoms with Crippen molar-refractivity contribution >= 4 is 5.91 Å². The maximum absolute atomic E-state index is 11.9. The van der Waals surface area contributed by atoms with Crippen LogP contribution in [0.1, 0.15) is 46.0 Å². The summed E-state index contributed by atoms with van der Waals surface area (Å²) in [5.41, 5.74) is 5.58. The fourth-order valence-electron chi connectivity index (χ4n) is 2.42. The molecule has 0 aromatic carbocycles. The smallest absolute Gasteiger partial charge is 0.220 e. The minimum atomic E-state index is -0.189. The Labute approximate surface area is 105 Å². The van der Waals surface area contributed by atoms with E-state index in [9.17, 15) is 4.79 Å². The Morgan fingerprint density at radius 2 is 2.18 bits per heavy atom. The number of nitrogens with two attached hydrogens (primary N) is 1. The van der Waals surface area contributed by atoms with Crippen LogP contribution in [0, 0.1) is 5.92 Å². The molecule has 17 heavy (non-hydrogen) atoms. The average Bonchev–Trinajstić information content (AvgIpc) is 2.87. The minimum Gasteiger partial charge on any atom is -0.349 e. The van der Waals surface area contributed by atoms with E-state index in [4.69, 9.17) is 5.73 Å². The van der Waals surface area contributed by atoms with Crippen LogP contribution in [0.4, 0.5) is 0 Å². The Kier molecular flexibility index (Phi) is 5.92. The second kappa shape index (κ2) is 6.97. The Bertz CT molecular complexity index is 225. The summed E-state index contributed by atoms with van der Waals surface area (Å²) in [7, 11) is 0. The summed E-state index contributed by atoms with van der Waals surface area (Å²) >= 11 is 0. The van der Waals surface area contributed by atoms with E-state index in [0.717, 1.165) is 32.4 Å². The van der Waals surface area contributed by atoms with Crippen LogP contribution >= 0.6 is 0 Å². The number of rotatable bonds is 7. The van der Waals surface area contributed by atoms with E-state index in [1.807, 2.05) is 0 Å². The molecular weight excluding hydrogens is 214 g/mol. The quantitative estimate of drug-likeness (QED) is 0.623. The van der Waals surface area contributed by atoms with Crippen molar-refractivity contribution in [2.75, 3.05) is 19.6 Å². The van der Waals surface area contributed by atoms with Crippen LogP contribution < -0.4 is 16.4 Å². The summed E-state index contributed by atoms with van der Waals surface area (Å²) in [5, 5.41) is 6.45. The van der Waals surface area contributed by atoms with Crippen molar-refractivity contribution in [1.29, 1.82) is 0 Å². The van der Waals surface area contributed by atoms with Crippen molar-refractivity contribution in [3.8, 4) is 0 Å². The van der Waals surface area contributed by atoms with E-state index in [1.54, 1.807) is 0 Å². The van der Waals surface area contributed by atoms with E-state index < -0.39 is 0 Å². The van der Waals surface area contributed by atoms with E-state index in [2.05, 4.69) is 24.5 Å². The molecule has 1 unspecified atom stereocenters. The third-order valence-corrected chi connectivity index (χ3v) is 4.09. The normalized spacial score (nSPS) is 20.5. The zero-order valence-electron chi connectivity index (χ0n) is 11.2. The second-order valence-electron chi connectivity index (χ2n) is 5.14. The van der Waals surface area contributed by atoms with Crippen LogP contribution in [0.15, 0.2) is 0 Å². The second-order valence-corrected chi connectivity index (χ2v) is 5.14. The van der Waals surface area contributed by atoms with Crippen molar-refractivity contribution < 1.29 is 4.79 Å². The number of hydrogen-bond donors (Lipinski definition) is 3. The van der Waals surface area contributed by atoms with Gasteiger partial charge in [0.1, 0.15) is 0 Å². The maximum atomic E-state index is 11.9. The van der Waals surface area contributed by atoms with Gasteiger partial charge in [-0.1, -0.05) is 13.8 Å². The lowest BCUT2D eigenvalue weighted by Gasteiger charge is -2.31. The summed E-state index contributed by atoms with van der Waals surface area (Å²) in [6, 6.07) is 0. The van der Waals surface area contributed by atoms with Crippen LogP contribution in [-0.2, 0) is 4.79 Å². The zero-order chi connectivity index (χ0) is 12.7. The SMILES string of the molecule is CCC(CC)(CN)NC(=O)CCC1CCNC1. The van der Waals surface area contributed by atoms with Gasteiger partial charge < -0.3 is 16.4 Å². The summed E-state index contributed by atoms with van der Waals surface area (Å²) in [4.78, 5) is 11.9. The van der Waals surface area contributed by atoms with Crippen LogP contribution in [0.3, 0.4) is 0 Å². The molecule has 1 fully saturated rings. The topological polar surface area (TPSA) is 67.1 Å². The summed E-state index contributed by atoms with van der Waals surface area (Å²) in [6.45, 7) is 6.85. The first-order chi connectivity index (χ1) is 8.15. The van der Waals surface area contributed by atoms with Crippen molar-refractivity contribution in [1.82, 2.24) is 10.6 Å². The molecule has 0 aliphatic carbocycles. The molecule has 1 rings (SSSR count). The van der Waals surface area contributed by atoms with Gasteiger partial charge >= 0.3 is 0 Å². The number of hydrogen-bond acceptors (Lipinski definition) is 3. The molecule has 4 heteroatoms. The van der Waals surface area contributed by atoms with Gasteiger partial charge in [0.25, 0.3) is 0 Å². The highest BCUT2D eigenvalue weighted by atomic mass is 16.1. The number of carbonyl (C=O) groups is 1. The highest BCUT2D eigenvalue weighted by molar-refractivity contribution is 5.76. The van der Waals surface area contributed by atoms with Crippen molar-refractivity contribution in [3.05, 3.63) is 0 Å². The zero-order valence-corrected chi connectivity index (χ0v) is 11.2. The lowest BCUT2D eigenvalue weighted by molar-refractivity contribution is -0.123. The molecule has 0 aromatic heterocycles. The average molecular weight is 241 g/mol. The molecule has 4 nitrogen and oxygen atoms in total. The lowest BCUT2D eigenvalue weighted by Crippen LogP contribution is -2.52. The summed E-state index contributed by atoms with van der Waals surface area (Å²) in [5.74, 6) is 0.835. The van der Waals surface area contributed by atoms with Crippen LogP contribution in [0.5, 0.6) is 0 Å². The Hall–Kier alpha value is -0.610. The number of amides is 1. The molecular formula is C13H27N3O. The Morgan fingerprint density at radius 1 is 1.47 bits per heavy atom. The molecule has 0 saturated carbocycles. The molecule has 1 atom stereocenters. The Morgan fingerprint density at radius 3 is 2.65 bits per heavy atom. The molecule has 1 amide bonds. The van der Waals surface area contributed by atoms with Gasteiger partial charge in [-0.2, -0.15) is 0 Å². The van der Waals surface area contributed by atoms with E-state index in [1.165, 1.54) is 6.42 Å². The third-order valence-electron chi connectivity index (χ3n) is 4.09. The first kappa shape index (κ1) is 14.5. The van der Waals surface area contributed by atoms with Crippen LogP contribution in [-0.4, -0.2) is 31.1 Å². The molecule has 4 N–H and O–H groups in total. The summed E-state index contributed by atoms with van der Waals surface area (Å²) in [6.07, 6.45) is 4.63. The van der Waals surface area contributed by atoms with Gasteiger partial charge in [-0.15, -0.1) is 0 Å². The fourth-order valence-corrected chi connectivity index (χ4v) is 2.42. The minimum absolute atomic E-state index is 0.158. The molecule has 1 aliphatic heterocycles. The predicted molar refractivity (Wildman–Crippen MR) is 70.7 cm³/mol. The van der Waals surface area contributed by atoms with E-state index >= 15 is 0 Å². The first-order valence-electron chi connectivity index (χ1n) is 6.87. The molecule has 0 radical (unpaired) electrons. The third kappa shape index (κ3) is 4.28. The summed E-state index contributed by atoms with van der Waals surface area (Å²) < 4.78 is 0. The first-order valence-corrected chi connectivity index (χ1v) is 6.87. The highest BCUT2D eigenvalue weighted by Crippen LogP contribution is 2.16. The molecule has 0 spiro atoms. The fraction of sp³-hybridized carbons (Fsp3) is 0.923. The highest BCUT2D eigenvalue weighted by Gasteiger charge is 2.26. The van der Waals surface area contributed by atoms with Crippen molar-refractivity contribution in [2.24, 2.45) is 11.7 Å². The van der Waals surface area contributed by atoms with Gasteiger partial charge in [0.2, 0.25) is 5.91 Å². The van der Waals surface area contributed by atoms with E-state index in [0.29, 0.717) is 18.9 Å². The molecule has 1 heterocycles. The molecule has 0 bridgehead atoms. The largest absolute Gasteiger partial charge is 0.349 e. The van der Waals surface area contributed by atoms with Gasteiger partial charge in [0.15, 0.2) is 0 Å². The molecule has 1 saturated heterocycles. The van der Waals surface area contributed by atoms with Gasteiger partial charge in [0.05, 0.1) is 5.54 Å². The number of nitrogens with one attached hydrogen (secondary N) is 2. The Balaban J connectivity index is 2.31. The standard InChI is InChI=1S/C13H27N3O/c1-3-13(4-2,10-14)16-12(17)6-5-11-7-8-15-9-11/h11,15H,3-10,14H2,1-2H3,(H,16,17).